The van der Waals surface area contributed by atoms with Crippen LogP contribution in [0.1, 0.15) is 34.7 Å². The first-order valence-corrected chi connectivity index (χ1v) is 7.94. The van der Waals surface area contributed by atoms with Crippen molar-refractivity contribution in [3.8, 4) is 0 Å². The second-order valence-electron chi connectivity index (χ2n) is 5.58. The minimum atomic E-state index is -0.288. The molecule has 1 saturated heterocycles. The molecule has 4 nitrogen and oxygen atoms in total. The monoisotopic (exact) mass is 333 g/mol. The maximum absolute atomic E-state index is 13.7. The van der Waals surface area contributed by atoms with Gasteiger partial charge >= 0.3 is 0 Å². The molecule has 1 aliphatic rings. The summed E-state index contributed by atoms with van der Waals surface area (Å²) in [6, 6.07) is 7.60. The van der Waals surface area contributed by atoms with Crippen molar-refractivity contribution in [1.82, 2.24) is 10.3 Å². The fourth-order valence-corrected chi connectivity index (χ4v) is 3.03. The molecule has 1 amide bonds. The first-order chi connectivity index (χ1) is 11.1. The Labute approximate surface area is 139 Å². The van der Waals surface area contributed by atoms with E-state index in [0.717, 1.165) is 31.5 Å². The number of aromatic nitrogens is 1. The third-order valence-electron chi connectivity index (χ3n) is 4.03. The molecule has 23 heavy (non-hydrogen) atoms. The van der Waals surface area contributed by atoms with E-state index in [9.17, 15) is 9.18 Å². The minimum Gasteiger partial charge on any atom is -0.322 e. The van der Waals surface area contributed by atoms with E-state index in [-0.39, 0.29) is 22.8 Å². The number of hydrogen-bond acceptors (Lipinski definition) is 3. The summed E-state index contributed by atoms with van der Waals surface area (Å²) < 4.78 is 13.7. The Balaban J connectivity index is 1.85. The van der Waals surface area contributed by atoms with E-state index in [0.29, 0.717) is 11.3 Å². The lowest BCUT2D eigenvalue weighted by atomic mass is 9.89. The van der Waals surface area contributed by atoms with Crippen LogP contribution in [0.2, 0.25) is 5.15 Å². The van der Waals surface area contributed by atoms with E-state index in [2.05, 4.69) is 15.6 Å². The predicted molar refractivity (Wildman–Crippen MR) is 88.4 cm³/mol. The molecule has 2 aromatic rings. The van der Waals surface area contributed by atoms with Crippen LogP contribution < -0.4 is 10.6 Å². The first kappa shape index (κ1) is 15.9. The molecule has 6 heteroatoms. The van der Waals surface area contributed by atoms with Crippen molar-refractivity contribution in [1.29, 1.82) is 0 Å². The number of carbonyl (C=O) groups is 1. The number of piperidine rings is 1. The van der Waals surface area contributed by atoms with E-state index in [1.54, 1.807) is 12.1 Å². The molecule has 2 heterocycles. The molecule has 0 radical (unpaired) electrons. The summed E-state index contributed by atoms with van der Waals surface area (Å²) in [6.45, 7) is 1.79. The Morgan fingerprint density at radius 2 is 2.04 bits per heavy atom. The van der Waals surface area contributed by atoms with Crippen LogP contribution in [-0.4, -0.2) is 24.0 Å². The number of benzene rings is 1. The molecule has 2 N–H and O–H groups in total. The molecule has 0 saturated carbocycles. The molecule has 1 aliphatic heterocycles. The molecular formula is C17H17ClFN3O. The van der Waals surface area contributed by atoms with E-state index in [1.165, 1.54) is 24.4 Å². The third kappa shape index (κ3) is 3.86. The van der Waals surface area contributed by atoms with Crippen LogP contribution in [0, 0.1) is 5.82 Å². The predicted octanol–water partition coefficient (Wildman–Crippen LogP) is 3.59. The van der Waals surface area contributed by atoms with Crippen LogP contribution >= 0.6 is 11.6 Å². The number of halogens is 2. The van der Waals surface area contributed by atoms with Gasteiger partial charge in [0, 0.05) is 17.4 Å². The molecule has 0 aliphatic carbocycles. The Morgan fingerprint density at radius 1 is 1.26 bits per heavy atom. The van der Waals surface area contributed by atoms with Crippen LogP contribution in [0.25, 0.3) is 0 Å². The highest BCUT2D eigenvalue weighted by molar-refractivity contribution is 6.29. The molecular weight excluding hydrogens is 317 g/mol. The lowest BCUT2D eigenvalue weighted by molar-refractivity contribution is 0.102. The maximum atomic E-state index is 13.7. The number of hydrogen-bond donors (Lipinski definition) is 2. The van der Waals surface area contributed by atoms with Gasteiger partial charge in [0.2, 0.25) is 0 Å². The maximum Gasteiger partial charge on any atom is 0.255 e. The number of anilines is 1. The van der Waals surface area contributed by atoms with Crippen molar-refractivity contribution < 1.29 is 9.18 Å². The number of carbonyl (C=O) groups excluding carboxylic acids is 1. The number of pyridine rings is 1. The Morgan fingerprint density at radius 3 is 2.78 bits per heavy atom. The van der Waals surface area contributed by atoms with Gasteiger partial charge in [-0.05, 0) is 67.7 Å². The van der Waals surface area contributed by atoms with Crippen molar-refractivity contribution in [2.75, 3.05) is 18.4 Å². The number of amides is 1. The topological polar surface area (TPSA) is 54.0 Å². The average molecular weight is 334 g/mol. The van der Waals surface area contributed by atoms with Gasteiger partial charge in [-0.15, -0.1) is 0 Å². The van der Waals surface area contributed by atoms with Crippen molar-refractivity contribution in [2.24, 2.45) is 0 Å². The number of nitrogens with one attached hydrogen (secondary N) is 2. The Kier molecular flexibility index (Phi) is 4.88. The van der Waals surface area contributed by atoms with Crippen LogP contribution in [0.5, 0.6) is 0 Å². The van der Waals surface area contributed by atoms with Gasteiger partial charge in [-0.2, -0.15) is 0 Å². The zero-order chi connectivity index (χ0) is 16.2. The minimum absolute atomic E-state index is 0.239. The van der Waals surface area contributed by atoms with Gasteiger partial charge in [-0.25, -0.2) is 9.37 Å². The fraction of sp³-hybridized carbons (Fsp3) is 0.294. The SMILES string of the molecule is O=C(Nc1ccc(F)cc1C1CCNCC1)c1ccnc(Cl)c1. The van der Waals surface area contributed by atoms with E-state index >= 15 is 0 Å². The molecule has 120 valence electrons. The highest BCUT2D eigenvalue weighted by Crippen LogP contribution is 2.32. The average Bonchev–Trinajstić information content (AvgIpc) is 2.57. The lowest BCUT2D eigenvalue weighted by Gasteiger charge is -2.25. The quantitative estimate of drug-likeness (QED) is 0.844. The van der Waals surface area contributed by atoms with Gasteiger partial charge in [0.1, 0.15) is 11.0 Å². The smallest absolute Gasteiger partial charge is 0.255 e. The summed E-state index contributed by atoms with van der Waals surface area (Å²) >= 11 is 5.82. The van der Waals surface area contributed by atoms with Crippen molar-refractivity contribution >= 4 is 23.2 Å². The molecule has 0 bridgehead atoms. The molecule has 3 rings (SSSR count). The summed E-state index contributed by atoms with van der Waals surface area (Å²) in [6.07, 6.45) is 3.33. The number of nitrogens with zero attached hydrogens (tertiary/aromatic N) is 1. The lowest BCUT2D eigenvalue weighted by Crippen LogP contribution is -2.27. The third-order valence-corrected chi connectivity index (χ3v) is 4.24. The molecule has 0 spiro atoms. The second-order valence-corrected chi connectivity index (χ2v) is 5.96. The summed E-state index contributed by atoms with van der Waals surface area (Å²) in [5, 5.41) is 6.41. The van der Waals surface area contributed by atoms with Gasteiger partial charge in [0.15, 0.2) is 0 Å². The summed E-state index contributed by atoms with van der Waals surface area (Å²) in [4.78, 5) is 16.2. The largest absolute Gasteiger partial charge is 0.322 e. The fourth-order valence-electron chi connectivity index (χ4n) is 2.86. The zero-order valence-electron chi connectivity index (χ0n) is 12.5. The number of rotatable bonds is 3. The van der Waals surface area contributed by atoms with Crippen molar-refractivity contribution in [3.63, 3.8) is 0 Å². The van der Waals surface area contributed by atoms with Gasteiger partial charge in [0.05, 0.1) is 0 Å². The molecule has 0 unspecified atom stereocenters. The molecule has 1 aromatic heterocycles. The summed E-state index contributed by atoms with van der Waals surface area (Å²) in [5.41, 5.74) is 1.92. The standard InChI is InChI=1S/C17H17ClFN3O/c18-16-9-12(5-8-21-16)17(23)22-15-2-1-13(19)10-14(15)11-3-6-20-7-4-11/h1-2,5,8-11,20H,3-4,6-7H2,(H,22,23). The summed E-state index contributed by atoms with van der Waals surface area (Å²) in [7, 11) is 0. The second kappa shape index (κ2) is 7.06. The van der Waals surface area contributed by atoms with E-state index < -0.39 is 0 Å². The highest BCUT2D eigenvalue weighted by Gasteiger charge is 2.20. The van der Waals surface area contributed by atoms with Crippen LogP contribution in [0.4, 0.5) is 10.1 Å². The van der Waals surface area contributed by atoms with Crippen molar-refractivity contribution in [2.45, 2.75) is 18.8 Å². The van der Waals surface area contributed by atoms with Crippen LogP contribution in [-0.2, 0) is 0 Å². The first-order valence-electron chi connectivity index (χ1n) is 7.56. The van der Waals surface area contributed by atoms with Crippen LogP contribution in [0.3, 0.4) is 0 Å². The van der Waals surface area contributed by atoms with Gasteiger partial charge in [-0.1, -0.05) is 11.6 Å². The summed E-state index contributed by atoms with van der Waals surface area (Å²) in [5.74, 6) is -0.331. The normalized spacial score (nSPS) is 15.4. The van der Waals surface area contributed by atoms with Gasteiger partial charge in [0.25, 0.3) is 5.91 Å². The van der Waals surface area contributed by atoms with E-state index in [1.807, 2.05) is 0 Å². The molecule has 0 atom stereocenters. The molecule has 1 aromatic carbocycles. The zero-order valence-corrected chi connectivity index (χ0v) is 13.2. The van der Waals surface area contributed by atoms with Crippen molar-refractivity contribution in [3.05, 3.63) is 58.6 Å². The van der Waals surface area contributed by atoms with Gasteiger partial charge < -0.3 is 10.6 Å². The van der Waals surface area contributed by atoms with Crippen LogP contribution in [0.15, 0.2) is 36.5 Å². The Bertz CT molecular complexity index is 717. The van der Waals surface area contributed by atoms with Gasteiger partial charge in [-0.3, -0.25) is 4.79 Å². The molecule has 1 fully saturated rings. The van der Waals surface area contributed by atoms with E-state index in [4.69, 9.17) is 11.6 Å². The highest BCUT2D eigenvalue weighted by atomic mass is 35.5. The Hall–Kier alpha value is -1.98.